The van der Waals surface area contributed by atoms with E-state index < -0.39 is 17.3 Å². The van der Waals surface area contributed by atoms with Crippen LogP contribution in [0, 0.1) is 11.3 Å². The van der Waals surface area contributed by atoms with Crippen LogP contribution in [0.3, 0.4) is 0 Å². The molecule has 1 fully saturated rings. The smallest absolute Gasteiger partial charge is 0.368 e. The van der Waals surface area contributed by atoms with Gasteiger partial charge in [0.1, 0.15) is 11.9 Å². The Balaban J connectivity index is 1.83. The monoisotopic (exact) mass is 369 g/mol. The van der Waals surface area contributed by atoms with Crippen LogP contribution in [0.1, 0.15) is 32.3 Å². The van der Waals surface area contributed by atoms with Gasteiger partial charge in [-0.15, -0.1) is 0 Å². The largest absolute Gasteiger partial charge is 0.417 e. The van der Waals surface area contributed by atoms with Crippen LogP contribution in [-0.4, -0.2) is 47.0 Å². The Labute approximate surface area is 150 Å². The van der Waals surface area contributed by atoms with Crippen LogP contribution in [0.25, 0.3) is 0 Å². The second-order valence-electron chi connectivity index (χ2n) is 6.90. The standard InChI is InChI=1S/C17H22F3N5O/c1-16(2,24-10-15(26)25-7-3-4-13(25)8-21)11-23-14-6-5-12(9-22-14)17(18,19)20/h5-6,9,13,24H,3-4,7,10-11H2,1-2H3,(H,22,23). The molecular formula is C17H22F3N5O. The van der Waals surface area contributed by atoms with E-state index in [1.807, 2.05) is 13.8 Å². The average molecular weight is 369 g/mol. The van der Waals surface area contributed by atoms with Gasteiger partial charge in [-0.25, -0.2) is 4.98 Å². The van der Waals surface area contributed by atoms with Crippen LogP contribution in [0.2, 0.25) is 0 Å². The Hall–Kier alpha value is -2.34. The molecule has 2 heterocycles. The summed E-state index contributed by atoms with van der Waals surface area (Å²) in [6, 6.07) is 4.01. The van der Waals surface area contributed by atoms with Gasteiger partial charge in [-0.3, -0.25) is 4.79 Å². The highest BCUT2D eigenvalue weighted by Gasteiger charge is 2.31. The number of aromatic nitrogens is 1. The van der Waals surface area contributed by atoms with Crippen molar-refractivity contribution in [2.24, 2.45) is 0 Å². The number of rotatable bonds is 6. The van der Waals surface area contributed by atoms with Crippen LogP contribution in [0.15, 0.2) is 18.3 Å². The number of likely N-dealkylation sites (tertiary alicyclic amines) is 1. The average Bonchev–Trinajstić information content (AvgIpc) is 3.06. The number of carbonyl (C=O) groups is 1. The van der Waals surface area contributed by atoms with E-state index in [-0.39, 0.29) is 18.5 Å². The highest BCUT2D eigenvalue weighted by Crippen LogP contribution is 2.28. The number of alkyl halides is 3. The second-order valence-corrected chi connectivity index (χ2v) is 6.90. The van der Waals surface area contributed by atoms with Crippen molar-refractivity contribution in [1.29, 1.82) is 5.26 Å². The van der Waals surface area contributed by atoms with Gasteiger partial charge in [-0.1, -0.05) is 0 Å². The van der Waals surface area contributed by atoms with Crippen LogP contribution >= 0.6 is 0 Å². The van der Waals surface area contributed by atoms with Gasteiger partial charge in [0.15, 0.2) is 0 Å². The summed E-state index contributed by atoms with van der Waals surface area (Å²) in [4.78, 5) is 17.6. The third kappa shape index (κ3) is 5.33. The molecule has 0 aromatic carbocycles. The Kier molecular flexibility index (Phi) is 6.08. The number of halogens is 3. The third-order valence-corrected chi connectivity index (χ3v) is 4.24. The Bertz CT molecular complexity index is 666. The molecule has 1 amide bonds. The van der Waals surface area contributed by atoms with Crippen LogP contribution in [-0.2, 0) is 11.0 Å². The van der Waals surface area contributed by atoms with Gasteiger partial charge >= 0.3 is 6.18 Å². The number of amides is 1. The second kappa shape index (κ2) is 7.91. The van der Waals surface area contributed by atoms with Crippen molar-refractivity contribution >= 4 is 11.7 Å². The first-order chi connectivity index (χ1) is 12.1. The van der Waals surface area contributed by atoms with E-state index in [0.29, 0.717) is 25.3 Å². The summed E-state index contributed by atoms with van der Waals surface area (Å²) in [6.45, 7) is 4.77. The van der Waals surface area contributed by atoms with Crippen molar-refractivity contribution in [3.05, 3.63) is 23.9 Å². The maximum Gasteiger partial charge on any atom is 0.417 e. The number of hydrogen-bond donors (Lipinski definition) is 2. The molecule has 1 aromatic rings. The minimum Gasteiger partial charge on any atom is -0.368 e. The Morgan fingerprint density at radius 1 is 1.42 bits per heavy atom. The fourth-order valence-electron chi connectivity index (χ4n) is 2.66. The molecule has 0 radical (unpaired) electrons. The van der Waals surface area contributed by atoms with Crippen molar-refractivity contribution in [3.8, 4) is 6.07 Å². The van der Waals surface area contributed by atoms with Gasteiger partial charge < -0.3 is 15.5 Å². The molecule has 1 atom stereocenters. The molecule has 0 saturated carbocycles. The third-order valence-electron chi connectivity index (χ3n) is 4.24. The highest BCUT2D eigenvalue weighted by molar-refractivity contribution is 5.79. The van der Waals surface area contributed by atoms with Crippen molar-refractivity contribution in [2.75, 3.05) is 25.0 Å². The predicted molar refractivity (Wildman–Crippen MR) is 90.2 cm³/mol. The topological polar surface area (TPSA) is 81.1 Å². The molecule has 0 aliphatic carbocycles. The molecule has 2 N–H and O–H groups in total. The number of carbonyl (C=O) groups excluding carboxylic acids is 1. The van der Waals surface area contributed by atoms with Crippen LogP contribution in [0.4, 0.5) is 19.0 Å². The van der Waals surface area contributed by atoms with E-state index >= 15 is 0 Å². The molecular weight excluding hydrogens is 347 g/mol. The quantitative estimate of drug-likeness (QED) is 0.805. The zero-order valence-corrected chi connectivity index (χ0v) is 14.7. The lowest BCUT2D eigenvalue weighted by atomic mass is 10.1. The molecule has 1 aromatic heterocycles. The van der Waals surface area contributed by atoms with Crippen molar-refractivity contribution in [3.63, 3.8) is 0 Å². The number of pyridine rings is 1. The minimum atomic E-state index is -4.41. The van der Waals surface area contributed by atoms with Gasteiger partial charge in [-0.05, 0) is 38.8 Å². The summed E-state index contributed by atoms with van der Waals surface area (Å²) >= 11 is 0. The zero-order chi connectivity index (χ0) is 19.4. The lowest BCUT2D eigenvalue weighted by Crippen LogP contribution is -2.50. The van der Waals surface area contributed by atoms with E-state index in [1.165, 1.54) is 6.07 Å². The summed E-state index contributed by atoms with van der Waals surface area (Å²) < 4.78 is 37.6. The first kappa shape index (κ1) is 20.0. The zero-order valence-electron chi connectivity index (χ0n) is 14.7. The molecule has 26 heavy (non-hydrogen) atoms. The minimum absolute atomic E-state index is 0.0906. The van der Waals surface area contributed by atoms with E-state index in [9.17, 15) is 18.0 Å². The Morgan fingerprint density at radius 2 is 2.15 bits per heavy atom. The lowest BCUT2D eigenvalue weighted by molar-refractivity contribution is -0.137. The van der Waals surface area contributed by atoms with Crippen molar-refractivity contribution < 1.29 is 18.0 Å². The molecule has 1 aliphatic rings. The molecule has 2 rings (SSSR count). The van der Waals surface area contributed by atoms with Crippen LogP contribution < -0.4 is 10.6 Å². The lowest BCUT2D eigenvalue weighted by Gasteiger charge is -2.28. The van der Waals surface area contributed by atoms with Crippen molar-refractivity contribution in [2.45, 2.75) is 44.4 Å². The van der Waals surface area contributed by atoms with Gasteiger partial charge in [0, 0.05) is 24.8 Å². The fourth-order valence-corrected chi connectivity index (χ4v) is 2.66. The first-order valence-electron chi connectivity index (χ1n) is 8.34. The van der Waals surface area contributed by atoms with Gasteiger partial charge in [0.25, 0.3) is 0 Å². The first-order valence-corrected chi connectivity index (χ1v) is 8.34. The molecule has 0 spiro atoms. The SMILES string of the molecule is CC(C)(CNc1ccc(C(F)(F)F)cn1)NCC(=O)N1CCCC1C#N. The maximum atomic E-state index is 12.5. The number of anilines is 1. The van der Waals surface area contributed by atoms with E-state index in [2.05, 4.69) is 21.7 Å². The van der Waals surface area contributed by atoms with E-state index in [1.54, 1.807) is 4.90 Å². The highest BCUT2D eigenvalue weighted by atomic mass is 19.4. The molecule has 6 nitrogen and oxygen atoms in total. The maximum absolute atomic E-state index is 12.5. The fraction of sp³-hybridized carbons (Fsp3) is 0.588. The summed E-state index contributed by atoms with van der Waals surface area (Å²) in [5.74, 6) is 0.193. The Morgan fingerprint density at radius 3 is 2.73 bits per heavy atom. The molecule has 1 saturated heterocycles. The molecule has 9 heteroatoms. The summed E-state index contributed by atoms with van der Waals surface area (Å²) in [5.41, 5.74) is -1.30. The van der Waals surface area contributed by atoms with E-state index in [0.717, 1.165) is 18.7 Å². The van der Waals surface area contributed by atoms with Crippen molar-refractivity contribution in [1.82, 2.24) is 15.2 Å². The van der Waals surface area contributed by atoms with Crippen LogP contribution in [0.5, 0.6) is 0 Å². The molecule has 1 unspecified atom stereocenters. The van der Waals surface area contributed by atoms with E-state index in [4.69, 9.17) is 5.26 Å². The summed E-state index contributed by atoms with van der Waals surface area (Å²) in [6.07, 6.45) is -2.10. The predicted octanol–water partition coefficient (Wildman–Crippen LogP) is 2.40. The molecule has 142 valence electrons. The summed E-state index contributed by atoms with van der Waals surface area (Å²) in [7, 11) is 0. The van der Waals surface area contributed by atoms with Gasteiger partial charge in [0.2, 0.25) is 5.91 Å². The summed E-state index contributed by atoms with van der Waals surface area (Å²) in [5, 5.41) is 15.1. The number of nitrogens with one attached hydrogen (secondary N) is 2. The number of nitrogens with zero attached hydrogens (tertiary/aromatic N) is 3. The normalized spacial score (nSPS) is 17.8. The van der Waals surface area contributed by atoms with Gasteiger partial charge in [-0.2, -0.15) is 18.4 Å². The number of nitriles is 1. The molecule has 1 aliphatic heterocycles. The van der Waals surface area contributed by atoms with Gasteiger partial charge in [0.05, 0.1) is 18.2 Å². The molecule has 0 bridgehead atoms. The number of hydrogen-bond acceptors (Lipinski definition) is 5.